The van der Waals surface area contributed by atoms with Gasteiger partial charge >= 0.3 is 6.18 Å². The van der Waals surface area contributed by atoms with E-state index in [4.69, 9.17) is 0 Å². The summed E-state index contributed by atoms with van der Waals surface area (Å²) in [6.07, 6.45) is -4.76. The van der Waals surface area contributed by atoms with Crippen molar-refractivity contribution < 1.29 is 13.2 Å². The van der Waals surface area contributed by atoms with E-state index < -0.39 is 12.6 Å². The summed E-state index contributed by atoms with van der Waals surface area (Å²) in [4.78, 5) is 1.71. The maximum Gasteiger partial charge on any atom is 0.390 e. The van der Waals surface area contributed by atoms with Crippen molar-refractivity contribution >= 4 is 15.9 Å². The Labute approximate surface area is 85.4 Å². The standard InChI is InChI=1S/C8H15BrF3N/c1-7(5-9)6-13(2)4-3-8(10,11)12/h7H,3-6H2,1-2H3. The van der Waals surface area contributed by atoms with E-state index in [0.29, 0.717) is 12.5 Å². The summed E-state index contributed by atoms with van der Waals surface area (Å²) < 4.78 is 35.4. The minimum Gasteiger partial charge on any atom is -0.306 e. The fraction of sp³-hybridized carbons (Fsp3) is 1.00. The molecule has 0 heterocycles. The second-order valence-corrected chi connectivity index (χ2v) is 4.03. The molecule has 0 radical (unpaired) electrons. The summed E-state index contributed by atoms with van der Waals surface area (Å²) in [5.74, 6) is 0.387. The molecule has 0 N–H and O–H groups in total. The molecular weight excluding hydrogens is 247 g/mol. The number of hydrogen-bond acceptors (Lipinski definition) is 1. The van der Waals surface area contributed by atoms with Crippen LogP contribution in [-0.2, 0) is 0 Å². The fourth-order valence-corrected chi connectivity index (χ4v) is 1.19. The van der Waals surface area contributed by atoms with Gasteiger partial charge in [0.15, 0.2) is 0 Å². The van der Waals surface area contributed by atoms with E-state index in [2.05, 4.69) is 15.9 Å². The molecule has 1 unspecified atom stereocenters. The van der Waals surface area contributed by atoms with Crippen LogP contribution in [0, 0.1) is 5.92 Å². The van der Waals surface area contributed by atoms with Crippen molar-refractivity contribution in [2.24, 2.45) is 5.92 Å². The van der Waals surface area contributed by atoms with Gasteiger partial charge < -0.3 is 4.90 Å². The Morgan fingerprint density at radius 2 is 1.92 bits per heavy atom. The lowest BCUT2D eigenvalue weighted by molar-refractivity contribution is -0.137. The Morgan fingerprint density at radius 1 is 1.38 bits per heavy atom. The van der Waals surface area contributed by atoms with E-state index >= 15 is 0 Å². The molecule has 0 saturated heterocycles. The van der Waals surface area contributed by atoms with Gasteiger partial charge in [-0.2, -0.15) is 13.2 Å². The van der Waals surface area contributed by atoms with Crippen LogP contribution < -0.4 is 0 Å². The van der Waals surface area contributed by atoms with Gasteiger partial charge in [-0.05, 0) is 13.0 Å². The smallest absolute Gasteiger partial charge is 0.306 e. The van der Waals surface area contributed by atoms with Crippen molar-refractivity contribution in [2.45, 2.75) is 19.5 Å². The second-order valence-electron chi connectivity index (χ2n) is 3.39. The first kappa shape index (κ1) is 13.2. The van der Waals surface area contributed by atoms with Crippen molar-refractivity contribution in [3.63, 3.8) is 0 Å². The number of rotatable bonds is 5. The topological polar surface area (TPSA) is 3.24 Å². The van der Waals surface area contributed by atoms with Crippen molar-refractivity contribution in [1.82, 2.24) is 4.90 Å². The molecule has 5 heteroatoms. The van der Waals surface area contributed by atoms with E-state index in [1.54, 1.807) is 11.9 Å². The summed E-state index contributed by atoms with van der Waals surface area (Å²) in [6, 6.07) is 0. The van der Waals surface area contributed by atoms with Crippen LogP contribution in [0.2, 0.25) is 0 Å². The predicted molar refractivity (Wildman–Crippen MR) is 51.1 cm³/mol. The molecule has 0 bridgehead atoms. The molecule has 0 fully saturated rings. The van der Waals surface area contributed by atoms with Crippen LogP contribution in [0.4, 0.5) is 13.2 Å². The lowest BCUT2D eigenvalue weighted by Crippen LogP contribution is -2.29. The predicted octanol–water partition coefficient (Wildman–Crippen LogP) is 2.90. The molecule has 0 aromatic heterocycles. The molecule has 0 aliphatic carbocycles. The molecule has 0 aliphatic heterocycles. The highest BCUT2D eigenvalue weighted by atomic mass is 79.9. The van der Waals surface area contributed by atoms with Crippen LogP contribution in [0.15, 0.2) is 0 Å². The maximum atomic E-state index is 11.8. The molecule has 0 spiro atoms. The molecule has 0 rings (SSSR count). The molecule has 0 amide bonds. The number of nitrogens with zero attached hydrogens (tertiary/aromatic N) is 1. The highest BCUT2D eigenvalue weighted by molar-refractivity contribution is 9.09. The first-order valence-electron chi connectivity index (χ1n) is 4.16. The Kier molecular flexibility index (Phi) is 5.96. The van der Waals surface area contributed by atoms with Gasteiger partial charge in [0.1, 0.15) is 0 Å². The van der Waals surface area contributed by atoms with Crippen LogP contribution in [0.5, 0.6) is 0 Å². The van der Waals surface area contributed by atoms with Gasteiger partial charge in [0.2, 0.25) is 0 Å². The minimum absolute atomic E-state index is 0.0842. The van der Waals surface area contributed by atoms with Crippen LogP contribution in [0.1, 0.15) is 13.3 Å². The van der Waals surface area contributed by atoms with Crippen molar-refractivity contribution in [3.05, 3.63) is 0 Å². The lowest BCUT2D eigenvalue weighted by Gasteiger charge is -2.20. The highest BCUT2D eigenvalue weighted by Gasteiger charge is 2.27. The monoisotopic (exact) mass is 261 g/mol. The Bertz CT molecular complexity index is 138. The lowest BCUT2D eigenvalue weighted by atomic mass is 10.2. The van der Waals surface area contributed by atoms with Gasteiger partial charge in [-0.25, -0.2) is 0 Å². The van der Waals surface area contributed by atoms with Gasteiger partial charge in [0.05, 0.1) is 6.42 Å². The van der Waals surface area contributed by atoms with Crippen molar-refractivity contribution in [1.29, 1.82) is 0 Å². The Morgan fingerprint density at radius 3 is 2.31 bits per heavy atom. The van der Waals surface area contributed by atoms with Gasteiger partial charge in [0.25, 0.3) is 0 Å². The third-order valence-electron chi connectivity index (χ3n) is 1.66. The molecular formula is C8H15BrF3N. The summed E-state index contributed by atoms with van der Waals surface area (Å²) in [6.45, 7) is 2.78. The van der Waals surface area contributed by atoms with E-state index in [9.17, 15) is 13.2 Å². The normalized spacial score (nSPS) is 15.0. The quantitative estimate of drug-likeness (QED) is 0.688. The third kappa shape index (κ3) is 8.56. The largest absolute Gasteiger partial charge is 0.390 e. The zero-order valence-electron chi connectivity index (χ0n) is 7.86. The van der Waals surface area contributed by atoms with Crippen molar-refractivity contribution in [3.8, 4) is 0 Å². The average Bonchev–Trinajstić information content (AvgIpc) is 1.99. The average molecular weight is 262 g/mol. The first-order chi connectivity index (χ1) is 5.85. The molecule has 0 saturated carbocycles. The molecule has 1 nitrogen and oxygen atoms in total. The van der Waals surface area contributed by atoms with Gasteiger partial charge in [0, 0.05) is 18.4 Å². The molecule has 0 aromatic rings. The SMILES string of the molecule is CC(CBr)CN(C)CCC(F)(F)F. The van der Waals surface area contributed by atoms with Crippen LogP contribution in [0.25, 0.3) is 0 Å². The molecule has 1 atom stereocenters. The number of alkyl halides is 4. The third-order valence-corrected chi connectivity index (χ3v) is 2.77. The maximum absolute atomic E-state index is 11.8. The highest BCUT2D eigenvalue weighted by Crippen LogP contribution is 2.19. The summed E-state index contributed by atoms with van der Waals surface area (Å²) in [5, 5.41) is 0.823. The number of hydrogen-bond donors (Lipinski definition) is 0. The zero-order chi connectivity index (χ0) is 10.5. The van der Waals surface area contributed by atoms with Crippen molar-refractivity contribution in [2.75, 3.05) is 25.5 Å². The van der Waals surface area contributed by atoms with Crippen LogP contribution >= 0.6 is 15.9 Å². The summed E-state index contributed by atoms with van der Waals surface area (Å²) >= 11 is 3.28. The van der Waals surface area contributed by atoms with E-state index in [1.165, 1.54) is 0 Å². The first-order valence-corrected chi connectivity index (χ1v) is 5.28. The zero-order valence-corrected chi connectivity index (χ0v) is 9.45. The van der Waals surface area contributed by atoms with Gasteiger partial charge in [-0.15, -0.1) is 0 Å². The van der Waals surface area contributed by atoms with E-state index in [0.717, 1.165) is 5.33 Å². The van der Waals surface area contributed by atoms with Gasteiger partial charge in [-0.1, -0.05) is 22.9 Å². The van der Waals surface area contributed by atoms with E-state index in [-0.39, 0.29) is 6.54 Å². The second kappa shape index (κ2) is 5.86. The summed E-state index contributed by atoms with van der Waals surface area (Å²) in [7, 11) is 1.71. The minimum atomic E-state index is -4.04. The van der Waals surface area contributed by atoms with Crippen LogP contribution in [0.3, 0.4) is 0 Å². The Hall–Kier alpha value is 0.230. The molecule has 13 heavy (non-hydrogen) atoms. The summed E-state index contributed by atoms with van der Waals surface area (Å²) in [5.41, 5.74) is 0. The van der Waals surface area contributed by atoms with Gasteiger partial charge in [-0.3, -0.25) is 0 Å². The fourth-order valence-electron chi connectivity index (χ4n) is 0.990. The van der Waals surface area contributed by atoms with Crippen LogP contribution in [-0.4, -0.2) is 36.5 Å². The number of halogens is 4. The molecule has 80 valence electrons. The molecule has 0 aromatic carbocycles. The Balaban J connectivity index is 3.57. The van der Waals surface area contributed by atoms with E-state index in [1.807, 2.05) is 6.92 Å². The molecule has 0 aliphatic rings.